The summed E-state index contributed by atoms with van der Waals surface area (Å²) in [5, 5.41) is 3.60. The first kappa shape index (κ1) is 9.47. The van der Waals surface area contributed by atoms with Crippen molar-refractivity contribution in [2.75, 3.05) is 20.1 Å². The first-order valence-electron chi connectivity index (χ1n) is 5.71. The van der Waals surface area contributed by atoms with E-state index in [1.165, 1.54) is 38.8 Å². The summed E-state index contributed by atoms with van der Waals surface area (Å²) in [6, 6.07) is 1.65. The number of likely N-dealkylation sites (N-methyl/N-ethyl adjacent to an activating group) is 1. The summed E-state index contributed by atoms with van der Waals surface area (Å²) in [4.78, 5) is 2.56. The topological polar surface area (TPSA) is 15.3 Å². The predicted octanol–water partition coefficient (Wildman–Crippen LogP) is 1.47. The molecule has 2 fully saturated rings. The highest BCUT2D eigenvalue weighted by atomic mass is 15.2. The fourth-order valence-corrected chi connectivity index (χ4v) is 2.43. The Kier molecular flexibility index (Phi) is 2.89. The van der Waals surface area contributed by atoms with Crippen molar-refractivity contribution in [1.82, 2.24) is 10.2 Å². The van der Waals surface area contributed by atoms with Crippen LogP contribution in [0.15, 0.2) is 0 Å². The molecule has 2 nitrogen and oxygen atoms in total. The van der Waals surface area contributed by atoms with Crippen LogP contribution in [0.3, 0.4) is 0 Å². The number of hydrogen-bond acceptors (Lipinski definition) is 2. The lowest BCUT2D eigenvalue weighted by atomic mass is 9.91. The lowest BCUT2D eigenvalue weighted by molar-refractivity contribution is 0.142. The van der Waals surface area contributed by atoms with Gasteiger partial charge in [0.05, 0.1) is 0 Å². The zero-order chi connectivity index (χ0) is 9.26. The molecule has 0 aromatic rings. The smallest absolute Gasteiger partial charge is 0.0221 e. The molecule has 0 aromatic heterocycles. The van der Waals surface area contributed by atoms with Crippen molar-refractivity contribution >= 4 is 0 Å². The summed E-state index contributed by atoms with van der Waals surface area (Å²) in [5.41, 5.74) is 0. The second kappa shape index (κ2) is 3.97. The number of nitrogens with one attached hydrogen (secondary N) is 1. The van der Waals surface area contributed by atoms with E-state index in [-0.39, 0.29) is 0 Å². The Morgan fingerprint density at radius 1 is 1.31 bits per heavy atom. The summed E-state index contributed by atoms with van der Waals surface area (Å²) in [6.45, 7) is 4.86. The molecular formula is C11H22N2. The molecule has 2 aliphatic rings. The molecule has 1 aliphatic heterocycles. The number of hydrogen-bond donors (Lipinski definition) is 1. The highest BCUT2D eigenvalue weighted by molar-refractivity contribution is 4.86. The van der Waals surface area contributed by atoms with Gasteiger partial charge in [0, 0.05) is 18.6 Å². The molecule has 2 unspecified atom stereocenters. The predicted molar refractivity (Wildman–Crippen MR) is 55.8 cm³/mol. The molecule has 0 aromatic carbocycles. The van der Waals surface area contributed by atoms with Crippen LogP contribution in [0.1, 0.15) is 32.6 Å². The highest BCUT2D eigenvalue weighted by Gasteiger charge is 2.28. The Morgan fingerprint density at radius 3 is 2.54 bits per heavy atom. The van der Waals surface area contributed by atoms with Crippen LogP contribution >= 0.6 is 0 Å². The summed E-state index contributed by atoms with van der Waals surface area (Å²) in [5.74, 6) is 0.877. The van der Waals surface area contributed by atoms with Gasteiger partial charge in [-0.3, -0.25) is 0 Å². The normalized spacial score (nSPS) is 35.3. The van der Waals surface area contributed by atoms with Crippen molar-refractivity contribution in [1.29, 1.82) is 0 Å². The Bertz CT molecular complexity index is 165. The third-order valence-corrected chi connectivity index (χ3v) is 3.88. The molecule has 0 amide bonds. The molecule has 0 bridgehead atoms. The van der Waals surface area contributed by atoms with E-state index in [0.717, 1.165) is 18.0 Å². The fraction of sp³-hybridized carbons (Fsp3) is 1.00. The molecular weight excluding hydrogens is 160 g/mol. The largest absolute Gasteiger partial charge is 0.312 e. The van der Waals surface area contributed by atoms with Crippen LogP contribution in [0.2, 0.25) is 0 Å². The van der Waals surface area contributed by atoms with Gasteiger partial charge in [0.25, 0.3) is 0 Å². The third-order valence-electron chi connectivity index (χ3n) is 3.88. The van der Waals surface area contributed by atoms with Gasteiger partial charge in [0.2, 0.25) is 0 Å². The minimum absolute atomic E-state index is 0.755. The van der Waals surface area contributed by atoms with Crippen LogP contribution in [-0.2, 0) is 0 Å². The van der Waals surface area contributed by atoms with E-state index in [9.17, 15) is 0 Å². The van der Waals surface area contributed by atoms with Gasteiger partial charge in [0.1, 0.15) is 0 Å². The van der Waals surface area contributed by atoms with Gasteiger partial charge < -0.3 is 10.2 Å². The van der Waals surface area contributed by atoms with E-state index >= 15 is 0 Å². The maximum absolute atomic E-state index is 3.60. The molecule has 2 heteroatoms. The Balaban J connectivity index is 1.75. The van der Waals surface area contributed by atoms with Crippen molar-refractivity contribution < 1.29 is 0 Å². The fourth-order valence-electron chi connectivity index (χ4n) is 2.43. The average molecular weight is 182 g/mol. The molecule has 1 saturated carbocycles. The molecule has 2 atom stereocenters. The lowest BCUT2D eigenvalue weighted by Gasteiger charge is -2.36. The lowest BCUT2D eigenvalue weighted by Crippen LogP contribution is -2.45. The standard InChI is InChI=1S/C11H22N2/c1-9-6-7-12-11(9)8-13(2)10-4-3-5-10/h9-12H,3-8H2,1-2H3. The summed E-state index contributed by atoms with van der Waals surface area (Å²) in [7, 11) is 2.29. The highest BCUT2D eigenvalue weighted by Crippen LogP contribution is 2.25. The van der Waals surface area contributed by atoms with Crippen LogP contribution < -0.4 is 5.32 Å². The van der Waals surface area contributed by atoms with E-state index in [1.54, 1.807) is 0 Å². The van der Waals surface area contributed by atoms with Gasteiger partial charge >= 0.3 is 0 Å². The second-order valence-electron chi connectivity index (χ2n) is 4.85. The van der Waals surface area contributed by atoms with Gasteiger partial charge in [-0.2, -0.15) is 0 Å². The quantitative estimate of drug-likeness (QED) is 0.711. The Morgan fingerprint density at radius 2 is 2.08 bits per heavy atom. The molecule has 76 valence electrons. The number of rotatable bonds is 3. The molecule has 1 N–H and O–H groups in total. The first-order valence-corrected chi connectivity index (χ1v) is 5.71. The molecule has 0 radical (unpaired) electrons. The molecule has 0 spiro atoms. The molecule has 1 aliphatic carbocycles. The average Bonchev–Trinajstić information content (AvgIpc) is 2.32. The summed E-state index contributed by atoms with van der Waals surface area (Å²) < 4.78 is 0. The molecule has 1 heterocycles. The van der Waals surface area contributed by atoms with Gasteiger partial charge in [-0.1, -0.05) is 13.3 Å². The van der Waals surface area contributed by atoms with E-state index in [1.807, 2.05) is 0 Å². The summed E-state index contributed by atoms with van der Waals surface area (Å²) in [6.07, 6.45) is 5.67. The minimum atomic E-state index is 0.755. The SMILES string of the molecule is CC1CCNC1CN(C)C1CCC1. The van der Waals surface area contributed by atoms with Crippen molar-refractivity contribution in [2.24, 2.45) is 5.92 Å². The molecule has 1 saturated heterocycles. The van der Waals surface area contributed by atoms with Crippen LogP contribution in [0.25, 0.3) is 0 Å². The monoisotopic (exact) mass is 182 g/mol. The van der Waals surface area contributed by atoms with Crippen LogP contribution in [0.4, 0.5) is 0 Å². The summed E-state index contributed by atoms with van der Waals surface area (Å²) >= 11 is 0. The Labute approximate surface area is 81.7 Å². The van der Waals surface area contributed by atoms with Crippen LogP contribution in [0, 0.1) is 5.92 Å². The zero-order valence-corrected chi connectivity index (χ0v) is 8.92. The second-order valence-corrected chi connectivity index (χ2v) is 4.85. The van der Waals surface area contributed by atoms with Gasteiger partial charge in [-0.15, -0.1) is 0 Å². The van der Waals surface area contributed by atoms with Crippen molar-refractivity contribution in [3.8, 4) is 0 Å². The van der Waals surface area contributed by atoms with Crippen LogP contribution in [-0.4, -0.2) is 37.1 Å². The maximum atomic E-state index is 3.60. The van der Waals surface area contributed by atoms with E-state index in [4.69, 9.17) is 0 Å². The first-order chi connectivity index (χ1) is 6.27. The van der Waals surface area contributed by atoms with E-state index < -0.39 is 0 Å². The Hall–Kier alpha value is -0.0800. The zero-order valence-electron chi connectivity index (χ0n) is 8.92. The molecule has 13 heavy (non-hydrogen) atoms. The van der Waals surface area contributed by atoms with Gasteiger partial charge in [-0.05, 0) is 38.8 Å². The minimum Gasteiger partial charge on any atom is -0.312 e. The third kappa shape index (κ3) is 2.05. The van der Waals surface area contributed by atoms with Crippen molar-refractivity contribution in [2.45, 2.75) is 44.7 Å². The van der Waals surface area contributed by atoms with E-state index in [0.29, 0.717) is 0 Å². The van der Waals surface area contributed by atoms with Crippen LogP contribution in [0.5, 0.6) is 0 Å². The van der Waals surface area contributed by atoms with Crippen molar-refractivity contribution in [3.05, 3.63) is 0 Å². The maximum Gasteiger partial charge on any atom is 0.0221 e. The van der Waals surface area contributed by atoms with Gasteiger partial charge in [0.15, 0.2) is 0 Å². The number of nitrogens with zero attached hydrogens (tertiary/aromatic N) is 1. The van der Waals surface area contributed by atoms with Crippen molar-refractivity contribution in [3.63, 3.8) is 0 Å². The van der Waals surface area contributed by atoms with Gasteiger partial charge in [-0.25, -0.2) is 0 Å². The van der Waals surface area contributed by atoms with E-state index in [2.05, 4.69) is 24.2 Å². The molecule has 2 rings (SSSR count).